The van der Waals surface area contributed by atoms with Crippen molar-refractivity contribution < 1.29 is 14.9 Å². The van der Waals surface area contributed by atoms with Crippen molar-refractivity contribution in [1.82, 2.24) is 9.55 Å². The third kappa shape index (κ3) is 2.04. The minimum Gasteiger partial charge on any atom is -0.394 e. The van der Waals surface area contributed by atoms with Gasteiger partial charge >= 0.3 is 5.69 Å². The van der Waals surface area contributed by atoms with Gasteiger partial charge in [-0.15, -0.1) is 0 Å². The van der Waals surface area contributed by atoms with E-state index in [2.05, 4.69) is 4.98 Å². The lowest BCUT2D eigenvalue weighted by atomic mass is 10.0. The fourth-order valence-electron chi connectivity index (χ4n) is 1.92. The smallest absolute Gasteiger partial charge is 0.351 e. The summed E-state index contributed by atoms with van der Waals surface area (Å²) in [5.41, 5.74) is 4.79. The molecule has 2 rings (SSSR count). The minimum atomic E-state index is -0.865. The van der Waals surface area contributed by atoms with E-state index < -0.39 is 24.1 Å². The minimum absolute atomic E-state index is 0.116. The molecule has 1 fully saturated rings. The van der Waals surface area contributed by atoms with Crippen LogP contribution in [-0.2, 0) is 4.74 Å². The molecule has 0 bridgehead atoms. The first-order chi connectivity index (χ1) is 8.04. The molecule has 4 atom stereocenters. The molecular weight excluding hydrogens is 226 g/mol. The largest absolute Gasteiger partial charge is 0.394 e. The van der Waals surface area contributed by atoms with E-state index in [9.17, 15) is 9.90 Å². The van der Waals surface area contributed by atoms with Crippen molar-refractivity contribution in [3.05, 3.63) is 22.7 Å². The normalized spacial score (nSPS) is 32.9. The summed E-state index contributed by atoms with van der Waals surface area (Å²) in [5.74, 6) is -0.139. The van der Waals surface area contributed by atoms with Gasteiger partial charge < -0.3 is 20.7 Å². The Morgan fingerprint density at radius 2 is 2.35 bits per heavy atom. The van der Waals surface area contributed by atoms with Crippen LogP contribution in [0.5, 0.6) is 0 Å². The molecule has 2 heterocycles. The maximum atomic E-state index is 11.6. The third-order valence-corrected chi connectivity index (χ3v) is 3.04. The summed E-state index contributed by atoms with van der Waals surface area (Å²) in [6, 6.07) is 1.45. The lowest BCUT2D eigenvalue weighted by Crippen LogP contribution is -2.33. The Morgan fingerprint density at radius 1 is 1.65 bits per heavy atom. The molecular formula is C10H15N3O4. The van der Waals surface area contributed by atoms with E-state index in [-0.39, 0.29) is 18.3 Å². The van der Waals surface area contributed by atoms with Crippen LogP contribution >= 0.6 is 0 Å². The van der Waals surface area contributed by atoms with Crippen molar-refractivity contribution in [3.8, 4) is 0 Å². The first kappa shape index (κ1) is 12.0. The monoisotopic (exact) mass is 241 g/mol. The number of nitrogen functional groups attached to an aromatic ring is 1. The number of ether oxygens (including phenoxy) is 1. The van der Waals surface area contributed by atoms with Crippen molar-refractivity contribution in [2.45, 2.75) is 25.4 Å². The molecule has 0 amide bonds. The Kier molecular flexibility index (Phi) is 3.14. The SMILES string of the molecule is CC1[C@@H](O)[C@H](n2ccc(N)nc2=O)O[C@@H]1CO. The van der Waals surface area contributed by atoms with Gasteiger partial charge in [0.2, 0.25) is 0 Å². The highest BCUT2D eigenvalue weighted by molar-refractivity contribution is 5.23. The van der Waals surface area contributed by atoms with Gasteiger partial charge in [-0.25, -0.2) is 4.79 Å². The van der Waals surface area contributed by atoms with E-state index in [1.165, 1.54) is 16.8 Å². The molecule has 1 aromatic heterocycles. The Hall–Kier alpha value is -1.44. The number of nitrogens with two attached hydrogens (primary N) is 1. The second-order valence-electron chi connectivity index (χ2n) is 4.14. The molecule has 0 saturated carbocycles. The zero-order valence-electron chi connectivity index (χ0n) is 9.35. The molecule has 94 valence electrons. The van der Waals surface area contributed by atoms with Gasteiger partial charge in [0.25, 0.3) is 0 Å². The van der Waals surface area contributed by atoms with Crippen molar-refractivity contribution in [3.63, 3.8) is 0 Å². The zero-order chi connectivity index (χ0) is 12.6. The molecule has 1 saturated heterocycles. The molecule has 1 aliphatic heterocycles. The summed E-state index contributed by atoms with van der Waals surface area (Å²) in [6.07, 6.45) is -0.761. The molecule has 1 aromatic rings. The Balaban J connectivity index is 2.32. The first-order valence-corrected chi connectivity index (χ1v) is 5.33. The topological polar surface area (TPSA) is 111 Å². The van der Waals surface area contributed by atoms with Crippen molar-refractivity contribution in [2.24, 2.45) is 5.92 Å². The summed E-state index contributed by atoms with van der Waals surface area (Å²) >= 11 is 0. The van der Waals surface area contributed by atoms with Gasteiger partial charge in [0.15, 0.2) is 6.23 Å². The predicted octanol–water partition coefficient (Wildman–Crippen LogP) is -1.29. The standard InChI is InChI=1S/C10H15N3O4/c1-5-6(4-14)17-9(8(5)15)13-3-2-7(11)12-10(13)16/h2-3,5-6,8-9,14-15H,4H2,1H3,(H2,11,12,16)/t5?,6-,8-,9-/m1/s1. The van der Waals surface area contributed by atoms with Gasteiger partial charge in [-0.05, 0) is 6.07 Å². The van der Waals surface area contributed by atoms with Crippen molar-refractivity contribution in [2.75, 3.05) is 12.3 Å². The molecule has 17 heavy (non-hydrogen) atoms. The average Bonchev–Trinajstić information content (AvgIpc) is 2.57. The van der Waals surface area contributed by atoms with Gasteiger partial charge in [0, 0.05) is 12.1 Å². The quantitative estimate of drug-likeness (QED) is 0.594. The summed E-state index contributed by atoms with van der Waals surface area (Å²) in [5, 5.41) is 19.0. The van der Waals surface area contributed by atoms with Crippen LogP contribution in [0.4, 0.5) is 5.82 Å². The molecule has 0 aliphatic carbocycles. The van der Waals surface area contributed by atoms with Crippen LogP contribution in [0.2, 0.25) is 0 Å². The Morgan fingerprint density at radius 3 is 2.88 bits per heavy atom. The summed E-state index contributed by atoms with van der Waals surface area (Å²) in [4.78, 5) is 15.2. The number of aromatic nitrogens is 2. The molecule has 1 unspecified atom stereocenters. The summed E-state index contributed by atoms with van der Waals surface area (Å²) < 4.78 is 6.60. The lowest BCUT2D eigenvalue weighted by molar-refractivity contribution is -0.0533. The lowest BCUT2D eigenvalue weighted by Gasteiger charge is -2.17. The molecule has 0 aromatic carbocycles. The maximum Gasteiger partial charge on any atom is 0.351 e. The second-order valence-corrected chi connectivity index (χ2v) is 4.14. The Labute approximate surface area is 97.5 Å². The van der Waals surface area contributed by atoms with Gasteiger partial charge in [0.1, 0.15) is 11.9 Å². The highest BCUT2D eigenvalue weighted by Crippen LogP contribution is 2.32. The fourth-order valence-corrected chi connectivity index (χ4v) is 1.92. The highest BCUT2D eigenvalue weighted by Gasteiger charge is 2.41. The number of aliphatic hydroxyl groups is 2. The van der Waals surface area contributed by atoms with Crippen LogP contribution < -0.4 is 11.4 Å². The van der Waals surface area contributed by atoms with Gasteiger partial charge in [0.05, 0.1) is 12.7 Å². The van der Waals surface area contributed by atoms with Gasteiger partial charge in [-0.2, -0.15) is 4.98 Å². The van der Waals surface area contributed by atoms with Gasteiger partial charge in [-0.1, -0.05) is 6.92 Å². The molecule has 0 spiro atoms. The van der Waals surface area contributed by atoms with E-state index in [0.29, 0.717) is 0 Å². The number of hydrogen-bond donors (Lipinski definition) is 3. The van der Waals surface area contributed by atoms with Crippen LogP contribution in [0.1, 0.15) is 13.2 Å². The second kappa shape index (κ2) is 4.44. The van der Waals surface area contributed by atoms with E-state index in [1.807, 2.05) is 0 Å². The molecule has 7 nitrogen and oxygen atoms in total. The van der Waals surface area contributed by atoms with E-state index in [0.717, 1.165) is 0 Å². The number of anilines is 1. The average molecular weight is 241 g/mol. The van der Waals surface area contributed by atoms with E-state index in [1.54, 1.807) is 6.92 Å². The number of aliphatic hydroxyl groups excluding tert-OH is 2. The van der Waals surface area contributed by atoms with Crippen molar-refractivity contribution in [1.29, 1.82) is 0 Å². The van der Waals surface area contributed by atoms with Crippen molar-refractivity contribution >= 4 is 5.82 Å². The molecule has 0 radical (unpaired) electrons. The van der Waals surface area contributed by atoms with E-state index >= 15 is 0 Å². The van der Waals surface area contributed by atoms with Crippen LogP contribution in [0, 0.1) is 5.92 Å². The Bertz CT molecular complexity index is 461. The van der Waals surface area contributed by atoms with Gasteiger partial charge in [-0.3, -0.25) is 4.57 Å². The van der Waals surface area contributed by atoms with Crippen LogP contribution in [0.25, 0.3) is 0 Å². The highest BCUT2D eigenvalue weighted by atomic mass is 16.5. The van der Waals surface area contributed by atoms with Crippen LogP contribution in [0.3, 0.4) is 0 Å². The first-order valence-electron chi connectivity index (χ1n) is 5.33. The summed E-state index contributed by atoms with van der Waals surface area (Å²) in [6.45, 7) is 1.55. The zero-order valence-corrected chi connectivity index (χ0v) is 9.35. The van der Waals surface area contributed by atoms with Crippen LogP contribution in [-0.4, -0.2) is 38.6 Å². The molecule has 4 N–H and O–H groups in total. The number of rotatable bonds is 2. The maximum absolute atomic E-state index is 11.6. The third-order valence-electron chi connectivity index (χ3n) is 3.04. The summed E-state index contributed by atoms with van der Waals surface area (Å²) in [7, 11) is 0. The predicted molar refractivity (Wildman–Crippen MR) is 59.1 cm³/mol. The molecule has 1 aliphatic rings. The number of nitrogens with zero attached hydrogens (tertiary/aromatic N) is 2. The van der Waals surface area contributed by atoms with Crippen LogP contribution in [0.15, 0.2) is 17.1 Å². The molecule has 7 heteroatoms. The fraction of sp³-hybridized carbons (Fsp3) is 0.600. The number of hydrogen-bond acceptors (Lipinski definition) is 6. The van der Waals surface area contributed by atoms with E-state index in [4.69, 9.17) is 15.6 Å².